The summed E-state index contributed by atoms with van der Waals surface area (Å²) in [6, 6.07) is 4.27. The van der Waals surface area contributed by atoms with E-state index in [9.17, 15) is 4.79 Å². The molecule has 2 aromatic rings. The Labute approximate surface area is 208 Å². The molecular formula is C27H38N4O4. The molecule has 8 nitrogen and oxygen atoms in total. The molecule has 1 atom stereocenters. The van der Waals surface area contributed by atoms with Crippen LogP contribution in [0.1, 0.15) is 68.6 Å². The average Bonchev–Trinajstić information content (AvgIpc) is 2.91. The van der Waals surface area contributed by atoms with Gasteiger partial charge in [-0.1, -0.05) is 19.3 Å². The van der Waals surface area contributed by atoms with Crippen molar-refractivity contribution in [1.82, 2.24) is 14.9 Å². The molecule has 0 bridgehead atoms. The third kappa shape index (κ3) is 5.16. The first-order valence-corrected chi connectivity index (χ1v) is 12.7. The number of benzene rings is 1. The molecule has 0 radical (unpaired) electrons. The predicted octanol–water partition coefficient (Wildman–Crippen LogP) is 4.95. The summed E-state index contributed by atoms with van der Waals surface area (Å²) in [5.41, 5.74) is 1.31. The molecule has 2 heterocycles. The van der Waals surface area contributed by atoms with E-state index in [4.69, 9.17) is 19.2 Å². The maximum atomic E-state index is 13.7. The largest absolute Gasteiger partial charge is 0.493 e. The van der Waals surface area contributed by atoms with Gasteiger partial charge in [0.1, 0.15) is 11.4 Å². The van der Waals surface area contributed by atoms with E-state index in [1.807, 2.05) is 24.1 Å². The molecule has 2 aliphatic rings. The molecule has 1 aliphatic heterocycles. The normalized spacial score (nSPS) is 18.8. The second kappa shape index (κ2) is 11.1. The van der Waals surface area contributed by atoms with Gasteiger partial charge in [-0.15, -0.1) is 0 Å². The molecule has 1 amide bonds. The van der Waals surface area contributed by atoms with E-state index < -0.39 is 0 Å². The summed E-state index contributed by atoms with van der Waals surface area (Å²) >= 11 is 0. The molecule has 1 saturated heterocycles. The zero-order chi connectivity index (χ0) is 24.9. The van der Waals surface area contributed by atoms with Crippen LogP contribution in [-0.4, -0.2) is 67.8 Å². The van der Waals surface area contributed by atoms with Gasteiger partial charge in [-0.05, 0) is 51.2 Å². The number of hydrogen-bond acceptors (Lipinski definition) is 7. The molecule has 0 spiro atoms. The molecule has 190 valence electrons. The van der Waals surface area contributed by atoms with Crippen LogP contribution in [0, 0.1) is 0 Å². The predicted molar refractivity (Wildman–Crippen MR) is 137 cm³/mol. The van der Waals surface area contributed by atoms with Gasteiger partial charge in [0.2, 0.25) is 5.75 Å². The first-order valence-electron chi connectivity index (χ1n) is 12.7. The molecule has 4 rings (SSSR count). The molecule has 0 N–H and O–H groups in total. The molecule has 35 heavy (non-hydrogen) atoms. The Morgan fingerprint density at radius 1 is 0.971 bits per heavy atom. The molecule has 1 aromatic heterocycles. The Balaban J connectivity index is 1.77. The number of aromatic nitrogens is 2. The van der Waals surface area contributed by atoms with Gasteiger partial charge in [-0.25, -0.2) is 9.97 Å². The molecule has 1 unspecified atom stereocenters. The van der Waals surface area contributed by atoms with Crippen molar-refractivity contribution in [3.05, 3.63) is 23.9 Å². The lowest BCUT2D eigenvalue weighted by Gasteiger charge is -2.37. The van der Waals surface area contributed by atoms with Gasteiger partial charge < -0.3 is 24.0 Å². The van der Waals surface area contributed by atoms with Crippen LogP contribution in [0.25, 0.3) is 11.4 Å². The van der Waals surface area contributed by atoms with Crippen LogP contribution in [0.2, 0.25) is 0 Å². The summed E-state index contributed by atoms with van der Waals surface area (Å²) in [5, 5.41) is 0. The number of nitrogens with zero attached hydrogens (tertiary/aromatic N) is 4. The Morgan fingerprint density at radius 3 is 2.23 bits per heavy atom. The Hall–Kier alpha value is -3.03. The van der Waals surface area contributed by atoms with E-state index in [1.165, 1.54) is 25.7 Å². The van der Waals surface area contributed by atoms with Gasteiger partial charge in [0, 0.05) is 37.4 Å². The summed E-state index contributed by atoms with van der Waals surface area (Å²) in [6.07, 6.45) is 10.8. The Morgan fingerprint density at radius 2 is 1.63 bits per heavy atom. The van der Waals surface area contributed by atoms with Gasteiger partial charge in [-0.2, -0.15) is 0 Å². The highest BCUT2D eigenvalue weighted by atomic mass is 16.5. The highest BCUT2D eigenvalue weighted by molar-refractivity contribution is 5.99. The summed E-state index contributed by atoms with van der Waals surface area (Å²) in [4.78, 5) is 27.5. The van der Waals surface area contributed by atoms with Crippen molar-refractivity contribution < 1.29 is 19.0 Å². The number of carbonyl (C=O) groups excluding carboxylic acids is 1. The number of hydrogen-bond donors (Lipinski definition) is 0. The monoisotopic (exact) mass is 482 g/mol. The van der Waals surface area contributed by atoms with Crippen molar-refractivity contribution >= 4 is 11.7 Å². The van der Waals surface area contributed by atoms with Crippen molar-refractivity contribution in [1.29, 1.82) is 0 Å². The van der Waals surface area contributed by atoms with Crippen LogP contribution in [0.15, 0.2) is 18.3 Å². The van der Waals surface area contributed by atoms with Crippen LogP contribution in [0.3, 0.4) is 0 Å². The van der Waals surface area contributed by atoms with Crippen LogP contribution < -0.4 is 19.1 Å². The molecule has 1 aliphatic carbocycles. The number of anilines is 1. The van der Waals surface area contributed by atoms with Crippen LogP contribution in [0.4, 0.5) is 5.82 Å². The minimum atomic E-state index is 0.00103. The van der Waals surface area contributed by atoms with Gasteiger partial charge in [0.05, 0.1) is 21.3 Å². The summed E-state index contributed by atoms with van der Waals surface area (Å²) in [7, 11) is 6.68. The average molecular weight is 483 g/mol. The number of carbonyl (C=O) groups is 1. The topological polar surface area (TPSA) is 77.0 Å². The maximum absolute atomic E-state index is 13.7. The van der Waals surface area contributed by atoms with E-state index in [0.29, 0.717) is 40.5 Å². The van der Waals surface area contributed by atoms with E-state index in [-0.39, 0.29) is 11.9 Å². The van der Waals surface area contributed by atoms with Crippen LogP contribution in [0.5, 0.6) is 17.2 Å². The second-order valence-electron chi connectivity index (χ2n) is 9.59. The lowest BCUT2D eigenvalue weighted by Crippen LogP contribution is -2.42. The fourth-order valence-corrected chi connectivity index (χ4v) is 5.33. The third-order valence-electron chi connectivity index (χ3n) is 7.44. The quantitative estimate of drug-likeness (QED) is 0.552. The smallest absolute Gasteiger partial charge is 0.259 e. The first-order chi connectivity index (χ1) is 17.0. The summed E-state index contributed by atoms with van der Waals surface area (Å²) in [5.74, 6) is 2.83. The fourth-order valence-electron chi connectivity index (χ4n) is 5.33. The van der Waals surface area contributed by atoms with Crippen LogP contribution >= 0.6 is 0 Å². The van der Waals surface area contributed by atoms with Crippen LogP contribution in [-0.2, 0) is 0 Å². The molecule has 1 aromatic carbocycles. The summed E-state index contributed by atoms with van der Waals surface area (Å²) < 4.78 is 16.5. The van der Waals surface area contributed by atoms with Gasteiger partial charge in [-0.3, -0.25) is 4.79 Å². The number of amides is 1. The van der Waals surface area contributed by atoms with Crippen molar-refractivity contribution in [2.45, 2.75) is 70.4 Å². The van der Waals surface area contributed by atoms with E-state index >= 15 is 0 Å². The Kier molecular flexibility index (Phi) is 7.98. The first kappa shape index (κ1) is 25.1. The molecule has 1 saturated carbocycles. The van der Waals surface area contributed by atoms with Crippen molar-refractivity contribution in [3.63, 3.8) is 0 Å². The SMILES string of the molecule is COc1cc(-c2ncc(C(=O)N(C)C3CCCCC3)c(N3CCCCC3C)n2)cc(OC)c1OC. The van der Waals surface area contributed by atoms with Crippen molar-refractivity contribution in [2.24, 2.45) is 0 Å². The fraction of sp³-hybridized carbons (Fsp3) is 0.593. The number of piperidine rings is 1. The second-order valence-corrected chi connectivity index (χ2v) is 9.59. The van der Waals surface area contributed by atoms with Crippen molar-refractivity contribution in [3.8, 4) is 28.6 Å². The number of methoxy groups -OCH3 is 3. The molecular weight excluding hydrogens is 444 g/mol. The van der Waals surface area contributed by atoms with E-state index in [0.717, 1.165) is 37.8 Å². The third-order valence-corrected chi connectivity index (χ3v) is 7.44. The van der Waals surface area contributed by atoms with Gasteiger partial charge in [0.25, 0.3) is 5.91 Å². The maximum Gasteiger partial charge on any atom is 0.259 e. The number of ether oxygens (including phenoxy) is 3. The zero-order valence-corrected chi connectivity index (χ0v) is 21.7. The minimum Gasteiger partial charge on any atom is -0.493 e. The van der Waals surface area contributed by atoms with E-state index in [2.05, 4.69) is 16.8 Å². The lowest BCUT2D eigenvalue weighted by molar-refractivity contribution is 0.0696. The highest BCUT2D eigenvalue weighted by Crippen LogP contribution is 2.41. The Bertz CT molecular complexity index is 1010. The molecule has 8 heteroatoms. The van der Waals surface area contributed by atoms with Gasteiger partial charge in [0.15, 0.2) is 17.3 Å². The summed E-state index contributed by atoms with van der Waals surface area (Å²) in [6.45, 7) is 3.08. The van der Waals surface area contributed by atoms with E-state index in [1.54, 1.807) is 27.5 Å². The standard InChI is InChI=1S/C27H38N4O4/c1-18-11-9-10-14-31(18)26-21(27(32)30(2)20-12-7-6-8-13-20)17-28-25(29-26)19-15-22(33-3)24(35-5)23(16-19)34-4/h15-18,20H,6-14H2,1-5H3. The lowest BCUT2D eigenvalue weighted by atomic mass is 9.94. The minimum absolute atomic E-state index is 0.00103. The highest BCUT2D eigenvalue weighted by Gasteiger charge is 2.30. The zero-order valence-electron chi connectivity index (χ0n) is 21.7. The number of rotatable bonds is 7. The van der Waals surface area contributed by atoms with Gasteiger partial charge >= 0.3 is 0 Å². The molecule has 2 fully saturated rings. The van der Waals surface area contributed by atoms with Crippen molar-refractivity contribution in [2.75, 3.05) is 39.8 Å².